The van der Waals surface area contributed by atoms with Gasteiger partial charge in [0.05, 0.1) is 18.1 Å². The van der Waals surface area contributed by atoms with Crippen LogP contribution in [0.3, 0.4) is 0 Å². The van der Waals surface area contributed by atoms with Crippen molar-refractivity contribution in [3.8, 4) is 0 Å². The van der Waals surface area contributed by atoms with Crippen LogP contribution in [0.5, 0.6) is 0 Å². The molecule has 0 spiro atoms. The average Bonchev–Trinajstić information content (AvgIpc) is 3.33. The highest BCUT2D eigenvalue weighted by atomic mass is 35.5. The molecule has 1 aliphatic heterocycles. The van der Waals surface area contributed by atoms with Crippen molar-refractivity contribution in [2.45, 2.75) is 38.6 Å². The first-order valence-corrected chi connectivity index (χ1v) is 11.8. The van der Waals surface area contributed by atoms with Crippen LogP contribution >= 0.6 is 11.6 Å². The third kappa shape index (κ3) is 5.73. The summed E-state index contributed by atoms with van der Waals surface area (Å²) in [5.41, 5.74) is 4.99. The van der Waals surface area contributed by atoms with E-state index in [2.05, 4.69) is 51.0 Å². The maximum Gasteiger partial charge on any atom is 0.0921 e. The van der Waals surface area contributed by atoms with Crippen LogP contribution in [0.15, 0.2) is 55.1 Å². The molecule has 1 aromatic carbocycles. The van der Waals surface area contributed by atoms with Crippen LogP contribution in [0.4, 0.5) is 0 Å². The number of benzene rings is 1. The summed E-state index contributed by atoms with van der Waals surface area (Å²) in [5.74, 6) is 0. The zero-order valence-corrected chi connectivity index (χ0v) is 19.1. The van der Waals surface area contributed by atoms with Crippen molar-refractivity contribution in [1.82, 2.24) is 24.8 Å². The van der Waals surface area contributed by atoms with Crippen LogP contribution in [0, 0.1) is 0 Å². The van der Waals surface area contributed by atoms with Gasteiger partial charge in [-0.15, -0.1) is 0 Å². The van der Waals surface area contributed by atoms with E-state index in [1.165, 1.54) is 29.7 Å². The number of imidazole rings is 1. The van der Waals surface area contributed by atoms with Crippen molar-refractivity contribution in [2.75, 3.05) is 32.7 Å². The molecule has 31 heavy (non-hydrogen) atoms. The first-order chi connectivity index (χ1) is 15.2. The van der Waals surface area contributed by atoms with Gasteiger partial charge in [0, 0.05) is 49.3 Å². The number of aromatic nitrogens is 3. The summed E-state index contributed by atoms with van der Waals surface area (Å²) < 4.78 is 0. The molecular weight excluding hydrogens is 406 g/mol. The Hall–Kier alpha value is -2.21. The maximum absolute atomic E-state index is 6.30. The van der Waals surface area contributed by atoms with E-state index < -0.39 is 0 Å². The fourth-order valence-electron chi connectivity index (χ4n) is 4.55. The van der Waals surface area contributed by atoms with Crippen LogP contribution in [0.1, 0.15) is 48.3 Å². The second-order valence-corrected chi connectivity index (χ2v) is 8.70. The zero-order chi connectivity index (χ0) is 21.5. The summed E-state index contributed by atoms with van der Waals surface area (Å²) in [7, 11) is 0. The number of rotatable bonds is 9. The number of aryl methyl sites for hydroxylation is 2. The molecule has 0 radical (unpaired) electrons. The molecule has 3 aromatic rings. The molecule has 0 amide bonds. The monoisotopic (exact) mass is 437 g/mol. The SMILES string of the molecule is CCc1cc(Cl)ccc1C(c1ccccn1)N1CCN(CCCCc2cnc[nH]2)CC1. The van der Waals surface area contributed by atoms with Crippen LogP contribution in [-0.4, -0.2) is 57.5 Å². The maximum atomic E-state index is 6.30. The number of hydrogen-bond acceptors (Lipinski definition) is 4. The summed E-state index contributed by atoms with van der Waals surface area (Å²) in [5, 5.41) is 0.806. The highest BCUT2D eigenvalue weighted by molar-refractivity contribution is 6.30. The number of H-pyrrole nitrogens is 1. The van der Waals surface area contributed by atoms with Gasteiger partial charge in [-0.1, -0.05) is 30.7 Å². The van der Waals surface area contributed by atoms with Gasteiger partial charge >= 0.3 is 0 Å². The van der Waals surface area contributed by atoms with Gasteiger partial charge in [0.1, 0.15) is 0 Å². The molecule has 164 valence electrons. The lowest BCUT2D eigenvalue weighted by Crippen LogP contribution is -2.48. The van der Waals surface area contributed by atoms with Gasteiger partial charge in [-0.05, 0) is 67.6 Å². The van der Waals surface area contributed by atoms with Crippen LogP contribution < -0.4 is 0 Å². The molecule has 3 heterocycles. The predicted octanol–water partition coefficient (Wildman–Crippen LogP) is 4.75. The Bertz CT molecular complexity index is 920. The topological polar surface area (TPSA) is 48.1 Å². The third-order valence-corrected chi connectivity index (χ3v) is 6.48. The largest absolute Gasteiger partial charge is 0.348 e. The zero-order valence-electron chi connectivity index (χ0n) is 18.3. The third-order valence-electron chi connectivity index (χ3n) is 6.25. The molecule has 4 rings (SSSR count). The number of piperazine rings is 1. The predicted molar refractivity (Wildman–Crippen MR) is 126 cm³/mol. The van der Waals surface area contributed by atoms with E-state index in [1.54, 1.807) is 6.33 Å². The summed E-state index contributed by atoms with van der Waals surface area (Å²) in [6, 6.07) is 12.7. The van der Waals surface area contributed by atoms with E-state index in [4.69, 9.17) is 16.6 Å². The lowest BCUT2D eigenvalue weighted by atomic mass is 9.94. The number of nitrogens with one attached hydrogen (secondary N) is 1. The normalized spacial score (nSPS) is 16.5. The van der Waals surface area contributed by atoms with Crippen molar-refractivity contribution in [1.29, 1.82) is 0 Å². The molecule has 1 unspecified atom stereocenters. The van der Waals surface area contributed by atoms with Gasteiger partial charge in [0.25, 0.3) is 0 Å². The Morgan fingerprint density at radius 3 is 2.68 bits per heavy atom. The van der Waals surface area contributed by atoms with Crippen molar-refractivity contribution in [3.63, 3.8) is 0 Å². The van der Waals surface area contributed by atoms with Crippen LogP contribution in [0.25, 0.3) is 0 Å². The van der Waals surface area contributed by atoms with E-state index in [-0.39, 0.29) is 6.04 Å². The number of unbranched alkanes of at least 4 members (excludes halogenated alkanes) is 1. The standard InChI is InChI=1S/C25H32ClN5/c1-2-20-17-21(26)9-10-23(20)25(24-8-3-5-11-28-24)31-15-13-30(14-16-31)12-6-4-7-22-18-27-19-29-22/h3,5,8-11,17-19,25H,2,4,6-7,12-16H2,1H3,(H,27,29). The molecule has 1 aliphatic rings. The van der Waals surface area contributed by atoms with Crippen molar-refractivity contribution < 1.29 is 0 Å². The number of aromatic amines is 1. The van der Waals surface area contributed by atoms with E-state index in [0.29, 0.717) is 0 Å². The number of hydrogen-bond donors (Lipinski definition) is 1. The van der Waals surface area contributed by atoms with Gasteiger partial charge in [0.2, 0.25) is 0 Å². The molecule has 1 N–H and O–H groups in total. The molecule has 0 saturated carbocycles. The molecule has 1 atom stereocenters. The van der Waals surface area contributed by atoms with Crippen LogP contribution in [-0.2, 0) is 12.8 Å². The summed E-state index contributed by atoms with van der Waals surface area (Å²) in [6.07, 6.45) is 10.1. The summed E-state index contributed by atoms with van der Waals surface area (Å²) >= 11 is 6.30. The average molecular weight is 438 g/mol. The molecular formula is C25H32ClN5. The minimum absolute atomic E-state index is 0.177. The van der Waals surface area contributed by atoms with Crippen LogP contribution in [0.2, 0.25) is 5.02 Å². The number of nitrogens with zero attached hydrogens (tertiary/aromatic N) is 4. The van der Waals surface area contributed by atoms with Gasteiger partial charge in [-0.2, -0.15) is 0 Å². The Balaban J connectivity index is 1.40. The highest BCUT2D eigenvalue weighted by Gasteiger charge is 2.28. The van der Waals surface area contributed by atoms with Crippen molar-refractivity contribution >= 4 is 11.6 Å². The quantitative estimate of drug-likeness (QED) is 0.491. The Labute approximate surface area is 190 Å². The Kier molecular flexibility index (Phi) is 7.73. The smallest absolute Gasteiger partial charge is 0.0921 e. The van der Waals surface area contributed by atoms with E-state index in [1.807, 2.05) is 24.5 Å². The van der Waals surface area contributed by atoms with E-state index in [9.17, 15) is 0 Å². The molecule has 1 saturated heterocycles. The molecule has 0 aliphatic carbocycles. The fraction of sp³-hybridized carbons (Fsp3) is 0.440. The Morgan fingerprint density at radius 2 is 1.97 bits per heavy atom. The second kappa shape index (κ2) is 10.9. The lowest BCUT2D eigenvalue weighted by Gasteiger charge is -2.40. The highest BCUT2D eigenvalue weighted by Crippen LogP contribution is 2.32. The molecule has 6 heteroatoms. The number of pyridine rings is 1. The second-order valence-electron chi connectivity index (χ2n) is 8.27. The summed E-state index contributed by atoms with van der Waals surface area (Å²) in [6.45, 7) is 7.66. The van der Waals surface area contributed by atoms with Crippen molar-refractivity contribution in [3.05, 3.63) is 82.7 Å². The first kappa shape index (κ1) is 22.0. The summed E-state index contributed by atoms with van der Waals surface area (Å²) in [4.78, 5) is 17.2. The van der Waals surface area contributed by atoms with Crippen molar-refractivity contribution in [2.24, 2.45) is 0 Å². The minimum atomic E-state index is 0.177. The van der Waals surface area contributed by atoms with E-state index >= 15 is 0 Å². The van der Waals surface area contributed by atoms with Gasteiger partial charge < -0.3 is 9.88 Å². The lowest BCUT2D eigenvalue weighted by molar-refractivity contribution is 0.106. The number of halogens is 1. The Morgan fingerprint density at radius 1 is 1.10 bits per heavy atom. The molecule has 5 nitrogen and oxygen atoms in total. The minimum Gasteiger partial charge on any atom is -0.348 e. The van der Waals surface area contributed by atoms with Gasteiger partial charge in [-0.25, -0.2) is 4.98 Å². The van der Waals surface area contributed by atoms with E-state index in [0.717, 1.165) is 56.3 Å². The first-order valence-electron chi connectivity index (χ1n) is 11.4. The molecule has 1 fully saturated rings. The fourth-order valence-corrected chi connectivity index (χ4v) is 4.74. The van der Waals surface area contributed by atoms with Gasteiger partial charge in [0.15, 0.2) is 0 Å². The van der Waals surface area contributed by atoms with Gasteiger partial charge in [-0.3, -0.25) is 9.88 Å². The molecule has 2 aromatic heterocycles. The molecule has 0 bridgehead atoms.